The van der Waals surface area contributed by atoms with Crippen molar-refractivity contribution in [3.63, 3.8) is 0 Å². The highest BCUT2D eigenvalue weighted by atomic mass is 16.3. The lowest BCUT2D eigenvalue weighted by Crippen LogP contribution is -2.14. The topological polar surface area (TPSA) is 29.5 Å². The number of rotatable bonds is 5. The van der Waals surface area contributed by atoms with Gasteiger partial charge in [-0.25, -0.2) is 0 Å². The van der Waals surface area contributed by atoms with Gasteiger partial charge in [-0.15, -0.1) is 0 Å². The zero-order chi connectivity index (χ0) is 36.0. The molecule has 0 unspecified atom stereocenters. The van der Waals surface area contributed by atoms with Crippen LogP contribution in [0.4, 0.5) is 17.1 Å². The number of anilines is 3. The van der Waals surface area contributed by atoms with Gasteiger partial charge in [0.25, 0.3) is 0 Å². The third-order valence-electron chi connectivity index (χ3n) is 11.5. The van der Waals surface area contributed by atoms with Crippen LogP contribution in [0.25, 0.3) is 77.3 Å². The molecule has 0 saturated carbocycles. The van der Waals surface area contributed by atoms with Gasteiger partial charge in [-0.05, 0) is 105 Å². The molecule has 54 heavy (non-hydrogen) atoms. The van der Waals surface area contributed by atoms with Crippen LogP contribution in [0, 0.1) is 0 Å². The number of fused-ring (bicyclic) bond motifs is 10. The average molecular weight is 694 g/mol. The molecule has 0 spiro atoms. The molecule has 1 aliphatic carbocycles. The Labute approximate surface area is 313 Å². The number of hydrogen-bond donors (Lipinski definition) is 0. The van der Waals surface area contributed by atoms with Crippen molar-refractivity contribution >= 4 is 60.9 Å². The maximum Gasteiger partial charge on any atom is 0.159 e. The fourth-order valence-electron chi connectivity index (χ4n) is 8.82. The summed E-state index contributed by atoms with van der Waals surface area (Å²) in [5.41, 5.74) is 16.4. The van der Waals surface area contributed by atoms with Crippen LogP contribution in [-0.2, 0) is 5.41 Å². The second-order valence-electron chi connectivity index (χ2n) is 14.9. The maximum atomic E-state index is 6.98. The van der Waals surface area contributed by atoms with E-state index in [2.05, 4.69) is 176 Å². The lowest BCUT2D eigenvalue weighted by molar-refractivity contribution is 0.660. The van der Waals surface area contributed by atoms with Gasteiger partial charge in [0, 0.05) is 38.3 Å². The molecule has 0 aliphatic heterocycles. The first-order valence-electron chi connectivity index (χ1n) is 18.6. The number of furan rings is 2. The SMILES string of the molecule is CC1(C)c2ccccc2-c2ccc(-c3cc(N(c4ccccc4)c4ccc(-c5ccccc5)cc4)c4oc5ccc6oc7ccccc7c6c5c4c3)cc21. The lowest BCUT2D eigenvalue weighted by Gasteiger charge is -2.26. The molecule has 2 heterocycles. The molecular formula is C51H35NO2. The summed E-state index contributed by atoms with van der Waals surface area (Å²) in [6.07, 6.45) is 0. The van der Waals surface area contributed by atoms with Gasteiger partial charge in [0.15, 0.2) is 5.58 Å². The Morgan fingerprint density at radius 3 is 1.83 bits per heavy atom. The van der Waals surface area contributed by atoms with Crippen molar-refractivity contribution in [2.75, 3.05) is 4.90 Å². The minimum absolute atomic E-state index is 0.115. The van der Waals surface area contributed by atoms with Gasteiger partial charge in [0.1, 0.15) is 16.7 Å². The number of hydrogen-bond acceptors (Lipinski definition) is 3. The summed E-state index contributed by atoms with van der Waals surface area (Å²) in [6.45, 7) is 4.69. The van der Waals surface area contributed by atoms with Crippen molar-refractivity contribution in [1.29, 1.82) is 0 Å². The highest BCUT2D eigenvalue weighted by Crippen LogP contribution is 2.51. The highest BCUT2D eigenvalue weighted by Gasteiger charge is 2.35. The minimum Gasteiger partial charge on any atom is -0.456 e. The van der Waals surface area contributed by atoms with Crippen LogP contribution in [-0.4, -0.2) is 0 Å². The van der Waals surface area contributed by atoms with E-state index in [4.69, 9.17) is 8.83 Å². The zero-order valence-corrected chi connectivity index (χ0v) is 30.0. The first-order chi connectivity index (χ1) is 26.5. The predicted molar refractivity (Wildman–Crippen MR) is 224 cm³/mol. The minimum atomic E-state index is -0.115. The summed E-state index contributed by atoms with van der Waals surface area (Å²) in [6, 6.07) is 62.9. The number of benzene rings is 8. The Bertz CT molecular complexity index is 3060. The van der Waals surface area contributed by atoms with Crippen LogP contribution >= 0.6 is 0 Å². The summed E-state index contributed by atoms with van der Waals surface area (Å²) < 4.78 is 13.4. The van der Waals surface area contributed by atoms with Crippen LogP contribution < -0.4 is 4.90 Å². The van der Waals surface area contributed by atoms with Crippen molar-refractivity contribution in [2.45, 2.75) is 19.3 Å². The van der Waals surface area contributed by atoms with E-state index in [-0.39, 0.29) is 5.41 Å². The van der Waals surface area contributed by atoms with Crippen molar-refractivity contribution in [3.8, 4) is 33.4 Å². The van der Waals surface area contributed by atoms with E-state index in [1.54, 1.807) is 0 Å². The monoisotopic (exact) mass is 693 g/mol. The largest absolute Gasteiger partial charge is 0.456 e. The smallest absolute Gasteiger partial charge is 0.159 e. The maximum absolute atomic E-state index is 6.98. The molecule has 0 N–H and O–H groups in total. The molecule has 256 valence electrons. The second-order valence-corrected chi connectivity index (χ2v) is 14.9. The Kier molecular flexibility index (Phi) is 6.60. The van der Waals surface area contributed by atoms with Crippen molar-refractivity contribution < 1.29 is 8.83 Å². The normalized spacial score (nSPS) is 13.1. The quantitative estimate of drug-likeness (QED) is 0.180. The van der Waals surface area contributed by atoms with Crippen LogP contribution in [0.15, 0.2) is 185 Å². The molecule has 0 bridgehead atoms. The molecular weight excluding hydrogens is 659 g/mol. The third-order valence-corrected chi connectivity index (χ3v) is 11.5. The molecule has 0 radical (unpaired) electrons. The Morgan fingerprint density at radius 2 is 1.02 bits per heavy atom. The molecule has 10 aromatic rings. The van der Waals surface area contributed by atoms with E-state index in [0.29, 0.717) is 0 Å². The summed E-state index contributed by atoms with van der Waals surface area (Å²) in [7, 11) is 0. The molecule has 0 fully saturated rings. The summed E-state index contributed by atoms with van der Waals surface area (Å²) in [4.78, 5) is 2.33. The number of para-hydroxylation sites is 2. The summed E-state index contributed by atoms with van der Waals surface area (Å²) in [5.74, 6) is 0. The van der Waals surface area contributed by atoms with Crippen LogP contribution in [0.1, 0.15) is 25.0 Å². The van der Waals surface area contributed by atoms with Gasteiger partial charge in [-0.1, -0.05) is 129 Å². The molecule has 8 aromatic carbocycles. The van der Waals surface area contributed by atoms with Gasteiger partial charge in [0.05, 0.1) is 5.69 Å². The van der Waals surface area contributed by atoms with Crippen LogP contribution in [0.3, 0.4) is 0 Å². The van der Waals surface area contributed by atoms with E-state index in [1.165, 1.54) is 38.9 Å². The molecule has 3 heteroatoms. The lowest BCUT2D eigenvalue weighted by atomic mass is 9.81. The molecule has 1 aliphatic rings. The second kappa shape index (κ2) is 11.6. The fraction of sp³-hybridized carbons (Fsp3) is 0.0588. The molecule has 0 saturated heterocycles. The summed E-state index contributed by atoms with van der Waals surface area (Å²) >= 11 is 0. The fourth-order valence-corrected chi connectivity index (χ4v) is 8.82. The van der Waals surface area contributed by atoms with Crippen molar-refractivity contribution in [1.82, 2.24) is 0 Å². The van der Waals surface area contributed by atoms with Crippen molar-refractivity contribution in [2.24, 2.45) is 0 Å². The van der Waals surface area contributed by atoms with Crippen LogP contribution in [0.2, 0.25) is 0 Å². The van der Waals surface area contributed by atoms with Crippen LogP contribution in [0.5, 0.6) is 0 Å². The van der Waals surface area contributed by atoms with E-state index in [0.717, 1.165) is 66.5 Å². The molecule has 0 amide bonds. The number of nitrogens with zero attached hydrogens (tertiary/aromatic N) is 1. The third kappa shape index (κ3) is 4.55. The van der Waals surface area contributed by atoms with E-state index >= 15 is 0 Å². The highest BCUT2D eigenvalue weighted by molar-refractivity contribution is 6.27. The van der Waals surface area contributed by atoms with Gasteiger partial charge in [0.2, 0.25) is 0 Å². The Balaban J connectivity index is 1.20. The van der Waals surface area contributed by atoms with E-state index in [1.807, 2.05) is 18.2 Å². The van der Waals surface area contributed by atoms with E-state index in [9.17, 15) is 0 Å². The Hall–Kier alpha value is -6.84. The zero-order valence-electron chi connectivity index (χ0n) is 30.0. The van der Waals surface area contributed by atoms with E-state index < -0.39 is 0 Å². The first kappa shape index (κ1) is 30.8. The molecule has 0 atom stereocenters. The van der Waals surface area contributed by atoms with Gasteiger partial charge < -0.3 is 13.7 Å². The molecule has 11 rings (SSSR count). The summed E-state index contributed by atoms with van der Waals surface area (Å²) in [5, 5.41) is 4.28. The average Bonchev–Trinajstić information content (AvgIpc) is 3.86. The molecule has 2 aromatic heterocycles. The Morgan fingerprint density at radius 1 is 0.407 bits per heavy atom. The van der Waals surface area contributed by atoms with Gasteiger partial charge in [-0.3, -0.25) is 0 Å². The van der Waals surface area contributed by atoms with Gasteiger partial charge >= 0.3 is 0 Å². The van der Waals surface area contributed by atoms with Crippen molar-refractivity contribution in [3.05, 3.63) is 187 Å². The molecule has 3 nitrogen and oxygen atoms in total. The van der Waals surface area contributed by atoms with Gasteiger partial charge in [-0.2, -0.15) is 0 Å². The predicted octanol–water partition coefficient (Wildman–Crippen LogP) is 14.6. The first-order valence-corrected chi connectivity index (χ1v) is 18.6. The standard InChI is InChI=1S/C51H35NO2/c1-51(2)42-19-11-9-17-38(42)39-26-23-34(30-43(39)51)35-29-41-49-47(28-27-46-48(49)40-18-10-12-20-45(40)53-46)54-50(41)44(31-35)52(36-15-7-4-8-16-36)37-24-21-33(22-25-37)32-13-5-3-6-14-32/h3-31H,1-2H3.